The van der Waals surface area contributed by atoms with Gasteiger partial charge in [0, 0.05) is 24.5 Å². The number of rotatable bonds is 21. The predicted octanol–water partition coefficient (Wildman–Crippen LogP) is 5.27. The number of hydrogen-bond acceptors (Lipinski definition) is 9. The van der Waals surface area contributed by atoms with Gasteiger partial charge in [-0.05, 0) is 61.1 Å². The van der Waals surface area contributed by atoms with Crippen LogP contribution >= 0.6 is 7.82 Å². The minimum Gasteiger partial charge on any atom is -0.483 e. The summed E-state index contributed by atoms with van der Waals surface area (Å²) in [6.07, 6.45) is 4.52. The first-order valence-corrected chi connectivity index (χ1v) is 22.1. The molecule has 2 aromatic carbocycles. The Morgan fingerprint density at radius 2 is 1.56 bits per heavy atom. The maximum absolute atomic E-state index is 14.1. The summed E-state index contributed by atoms with van der Waals surface area (Å²) in [4.78, 5) is 80.3. The van der Waals surface area contributed by atoms with Crippen LogP contribution in [-0.2, 0) is 28.3 Å². The van der Waals surface area contributed by atoms with Gasteiger partial charge < -0.3 is 35.6 Å². The van der Waals surface area contributed by atoms with Crippen LogP contribution in [-0.4, -0.2) is 87.5 Å². The summed E-state index contributed by atoms with van der Waals surface area (Å²) in [5, 5.41) is 21.9. The van der Waals surface area contributed by atoms with Crippen LogP contribution in [0.15, 0.2) is 66.9 Å². The highest BCUT2D eigenvalue weighted by molar-refractivity contribution is 7.46. The van der Waals surface area contributed by atoms with E-state index in [0.717, 1.165) is 42.9 Å². The number of hydrogen-bond donors (Lipinski definition) is 6. The zero-order chi connectivity index (χ0) is 43.3. The summed E-state index contributed by atoms with van der Waals surface area (Å²) in [5.41, 5.74) is 0. The molecule has 3 aromatic rings. The van der Waals surface area contributed by atoms with Gasteiger partial charge in [0.1, 0.15) is 23.7 Å². The van der Waals surface area contributed by atoms with Gasteiger partial charge in [0.05, 0.1) is 18.2 Å². The van der Waals surface area contributed by atoms with E-state index in [0.29, 0.717) is 24.4 Å². The molecule has 1 unspecified atom stereocenters. The molecule has 0 spiro atoms. The highest BCUT2D eigenvalue weighted by Gasteiger charge is 2.38. The number of anilines is 1. The molecule has 1 aliphatic carbocycles. The minimum atomic E-state index is -5.11. The molecule has 1 aromatic heterocycles. The fraction of sp³-hybridized carbons (Fsp3) is 0.558. The molecule has 59 heavy (non-hydrogen) atoms. The molecule has 324 valence electrons. The van der Waals surface area contributed by atoms with Crippen LogP contribution < -0.4 is 25.6 Å². The molecule has 16 heteroatoms. The lowest BCUT2D eigenvalue weighted by molar-refractivity contribution is -0.134. The number of benzene rings is 2. The van der Waals surface area contributed by atoms with Crippen molar-refractivity contribution in [2.24, 2.45) is 23.7 Å². The van der Waals surface area contributed by atoms with E-state index in [-0.39, 0.29) is 30.1 Å². The maximum Gasteiger partial charge on any atom is 0.469 e. The van der Waals surface area contributed by atoms with Gasteiger partial charge in [-0.3, -0.25) is 28.6 Å². The molecule has 1 heterocycles. The molecule has 1 saturated carbocycles. The van der Waals surface area contributed by atoms with Crippen LogP contribution in [0.2, 0.25) is 0 Å². The van der Waals surface area contributed by atoms with Crippen LogP contribution in [0.4, 0.5) is 5.82 Å². The average Bonchev–Trinajstić information content (AvgIpc) is 3.21. The highest BCUT2D eigenvalue weighted by atomic mass is 31.2. The van der Waals surface area contributed by atoms with Crippen molar-refractivity contribution in [1.29, 1.82) is 0 Å². The van der Waals surface area contributed by atoms with Crippen molar-refractivity contribution in [3.8, 4) is 5.75 Å². The largest absolute Gasteiger partial charge is 0.483 e. The number of amides is 4. The highest BCUT2D eigenvalue weighted by Crippen LogP contribution is 2.38. The molecular weight excluding hydrogens is 777 g/mol. The Labute approximate surface area is 347 Å². The summed E-state index contributed by atoms with van der Waals surface area (Å²) >= 11 is 0. The number of likely N-dealkylation sites (N-methyl/N-ethyl adjacent to an activating group) is 1. The van der Waals surface area contributed by atoms with E-state index in [1.807, 2.05) is 58.0 Å². The Kier molecular flexibility index (Phi) is 17.8. The van der Waals surface area contributed by atoms with E-state index >= 15 is 0 Å². The van der Waals surface area contributed by atoms with Crippen molar-refractivity contribution >= 4 is 48.0 Å². The molecule has 4 rings (SSSR count). The van der Waals surface area contributed by atoms with Crippen molar-refractivity contribution < 1.29 is 47.9 Å². The second-order valence-corrected chi connectivity index (χ2v) is 17.3. The first-order valence-electron chi connectivity index (χ1n) is 20.6. The van der Waals surface area contributed by atoms with Gasteiger partial charge in [-0.2, -0.15) is 0 Å². The molecular formula is C43H62N5O10P. The number of phosphoric acid groups is 1. The Morgan fingerprint density at radius 3 is 2.20 bits per heavy atom. The van der Waals surface area contributed by atoms with Crippen molar-refractivity contribution in [1.82, 2.24) is 20.9 Å². The van der Waals surface area contributed by atoms with Gasteiger partial charge >= 0.3 is 7.82 Å². The second kappa shape index (κ2) is 22.3. The van der Waals surface area contributed by atoms with Gasteiger partial charge in [-0.1, -0.05) is 109 Å². The van der Waals surface area contributed by atoms with Crippen LogP contribution in [0.25, 0.3) is 10.8 Å². The third-order valence-corrected chi connectivity index (χ3v) is 11.9. The molecule has 6 N–H and O–H groups in total. The summed E-state index contributed by atoms with van der Waals surface area (Å²) < 4.78 is 22.6. The topological polar surface area (TPSA) is 217 Å². The van der Waals surface area contributed by atoms with Crippen LogP contribution in [0.1, 0.15) is 86.0 Å². The lowest BCUT2D eigenvalue weighted by Crippen LogP contribution is -2.58. The molecule has 1 aliphatic rings. The smallest absolute Gasteiger partial charge is 0.469 e. The minimum absolute atomic E-state index is 0.0664. The second-order valence-electron chi connectivity index (χ2n) is 16.1. The molecule has 15 nitrogen and oxygen atoms in total. The van der Waals surface area contributed by atoms with Crippen LogP contribution in [0.5, 0.6) is 5.75 Å². The van der Waals surface area contributed by atoms with Gasteiger partial charge in [0.25, 0.3) is 11.8 Å². The standard InChI is InChI=1S/C43H62N5O10P/c1-7-28(4)39(43(53)48(6)37-22-13-14-23-44-37)47-41(51)33(27(2)3)25-35(49)34(24-30-16-9-8-10-17-30)45-42(52)40(29(5)58-59(54,55)56)46-38(50)26-57-36-21-15-19-31-18-11-12-20-32(31)36/h11-15,18-23,27-30,33-35,39-40,49H,7-10,16-17,24-26H2,1-6H3,(H,45,52)(H,46,50)(H,47,51)(H2,54,55,56)/t28-,29?,33-,34-,35-,39-,40-/m0/s1. The van der Waals surface area contributed by atoms with Crippen molar-refractivity contribution in [2.75, 3.05) is 18.6 Å². The number of phosphoric ester groups is 1. The van der Waals surface area contributed by atoms with Crippen molar-refractivity contribution in [2.45, 2.75) is 116 Å². The fourth-order valence-electron chi connectivity index (χ4n) is 7.64. The summed E-state index contributed by atoms with van der Waals surface area (Å²) in [7, 11) is -3.51. The third-order valence-electron chi connectivity index (χ3n) is 11.3. The van der Waals surface area contributed by atoms with Gasteiger partial charge in [-0.25, -0.2) is 9.55 Å². The van der Waals surface area contributed by atoms with Gasteiger partial charge in [0.2, 0.25) is 11.8 Å². The number of aliphatic hydroxyl groups excluding tert-OH is 1. The van der Waals surface area contributed by atoms with E-state index in [2.05, 4.69) is 20.9 Å². The van der Waals surface area contributed by atoms with Crippen molar-refractivity contribution in [3.63, 3.8) is 0 Å². The molecule has 0 radical (unpaired) electrons. The summed E-state index contributed by atoms with van der Waals surface area (Å²) in [6.45, 7) is 8.24. The maximum atomic E-state index is 14.1. The number of fused-ring (bicyclic) bond motifs is 1. The SMILES string of the molecule is CC[C@H](C)[C@H](NC(=O)[C@@H](C[C@H](O)[C@H](CC1CCCCC1)NC(=O)[C@@H](NC(=O)COc1cccc2ccccc12)C(C)OP(=O)(O)O)C(C)C)C(=O)N(C)c1ccccn1. The van der Waals surface area contributed by atoms with E-state index < -0.39 is 68.4 Å². The molecule has 0 saturated heterocycles. The number of pyridine rings is 1. The zero-order valence-electron chi connectivity index (χ0n) is 35.0. The number of carbonyl (C=O) groups excluding carboxylic acids is 4. The fourth-order valence-corrected chi connectivity index (χ4v) is 8.20. The number of aliphatic hydroxyl groups is 1. The van der Waals surface area contributed by atoms with Gasteiger partial charge in [0.15, 0.2) is 6.61 Å². The van der Waals surface area contributed by atoms with E-state index in [1.54, 1.807) is 43.6 Å². The summed E-state index contributed by atoms with van der Waals surface area (Å²) in [5.74, 6) is -2.60. The Bertz CT molecular complexity index is 1880. The number of aromatic nitrogens is 1. The lowest BCUT2D eigenvalue weighted by atomic mass is 9.81. The van der Waals surface area contributed by atoms with Gasteiger partial charge in [-0.15, -0.1) is 0 Å². The molecule has 0 bridgehead atoms. The van der Waals surface area contributed by atoms with Crippen LogP contribution in [0, 0.1) is 23.7 Å². The Balaban J connectivity index is 1.54. The van der Waals surface area contributed by atoms with E-state index in [9.17, 15) is 38.6 Å². The quantitative estimate of drug-likeness (QED) is 0.0760. The lowest BCUT2D eigenvalue weighted by Gasteiger charge is -2.35. The number of carbonyl (C=O) groups is 4. The molecule has 0 aliphatic heterocycles. The first-order chi connectivity index (χ1) is 28.0. The molecule has 1 fully saturated rings. The third kappa shape index (κ3) is 14.1. The van der Waals surface area contributed by atoms with Crippen molar-refractivity contribution in [3.05, 3.63) is 66.9 Å². The molecule has 7 atom stereocenters. The van der Waals surface area contributed by atoms with E-state index in [4.69, 9.17) is 9.26 Å². The van der Waals surface area contributed by atoms with Crippen LogP contribution in [0.3, 0.4) is 0 Å². The first kappa shape index (κ1) is 47.3. The summed E-state index contributed by atoms with van der Waals surface area (Å²) in [6, 6.07) is 14.6. The number of ether oxygens (including phenoxy) is 1. The number of nitrogens with one attached hydrogen (secondary N) is 3. The Morgan fingerprint density at radius 1 is 0.881 bits per heavy atom. The molecule has 4 amide bonds. The Hall–Kier alpha value is -4.40. The normalized spacial score (nSPS) is 17.2. The van der Waals surface area contributed by atoms with E-state index in [1.165, 1.54) is 11.8 Å². The monoisotopic (exact) mass is 839 g/mol. The predicted molar refractivity (Wildman–Crippen MR) is 225 cm³/mol. The number of nitrogens with zero attached hydrogens (tertiary/aromatic N) is 2. The zero-order valence-corrected chi connectivity index (χ0v) is 35.8. The average molecular weight is 840 g/mol.